The van der Waals surface area contributed by atoms with E-state index < -0.39 is 11.5 Å². The molecule has 2 aromatic rings. The summed E-state index contributed by atoms with van der Waals surface area (Å²) in [6.45, 7) is 0. The van der Waals surface area contributed by atoms with Crippen LogP contribution < -0.4 is 5.32 Å². The number of fused-ring (bicyclic) bond motifs is 1. The first-order valence-corrected chi connectivity index (χ1v) is 6.47. The minimum absolute atomic E-state index is 0.312. The summed E-state index contributed by atoms with van der Waals surface area (Å²) >= 11 is 0. The lowest BCUT2D eigenvalue weighted by molar-refractivity contribution is -0.138. The third-order valence-corrected chi connectivity index (χ3v) is 3.40. The molecule has 5 nitrogen and oxygen atoms in total. The fourth-order valence-corrected chi connectivity index (χ4v) is 2.35. The Hall–Kier alpha value is -2.66. The fraction of sp³-hybridized carbons (Fsp3) is 0.125. The molecule has 1 amide bonds. The SMILES string of the molecule is O=C(C=Cc1ccco1)C[C@]1(O)C(=O)Nc2ccccc21. The topological polar surface area (TPSA) is 79.5 Å². The molecular weight excluding hydrogens is 270 g/mol. The van der Waals surface area contributed by atoms with Gasteiger partial charge in [-0.3, -0.25) is 9.59 Å². The van der Waals surface area contributed by atoms with Gasteiger partial charge in [0.2, 0.25) is 0 Å². The lowest BCUT2D eigenvalue weighted by Crippen LogP contribution is -2.36. The normalized spacial score (nSPS) is 20.5. The molecule has 1 aromatic heterocycles. The Kier molecular flexibility index (Phi) is 3.19. The molecule has 0 saturated heterocycles. The quantitative estimate of drug-likeness (QED) is 0.842. The van der Waals surface area contributed by atoms with E-state index in [4.69, 9.17) is 4.42 Å². The van der Waals surface area contributed by atoms with Crippen LogP contribution in [0.1, 0.15) is 17.7 Å². The van der Waals surface area contributed by atoms with Crippen molar-refractivity contribution in [3.63, 3.8) is 0 Å². The number of carbonyl (C=O) groups excluding carboxylic acids is 2. The second-order valence-corrected chi connectivity index (χ2v) is 4.85. The molecule has 106 valence electrons. The van der Waals surface area contributed by atoms with Crippen LogP contribution in [-0.2, 0) is 15.2 Å². The average molecular weight is 283 g/mol. The second kappa shape index (κ2) is 5.03. The summed E-state index contributed by atoms with van der Waals surface area (Å²) in [6.07, 6.45) is 3.99. The van der Waals surface area contributed by atoms with Gasteiger partial charge in [0.1, 0.15) is 5.76 Å². The van der Waals surface area contributed by atoms with Crippen LogP contribution in [0, 0.1) is 0 Å². The molecule has 1 aromatic carbocycles. The molecule has 0 saturated carbocycles. The Morgan fingerprint density at radius 2 is 2.10 bits per heavy atom. The predicted octanol–water partition coefficient (Wildman–Crippen LogP) is 2.09. The summed E-state index contributed by atoms with van der Waals surface area (Å²) in [7, 11) is 0. The zero-order valence-electron chi connectivity index (χ0n) is 11.1. The minimum Gasteiger partial charge on any atom is -0.465 e. The number of para-hydroxylation sites is 1. The Morgan fingerprint density at radius 3 is 2.86 bits per heavy atom. The summed E-state index contributed by atoms with van der Waals surface area (Å²) in [5, 5.41) is 13.1. The van der Waals surface area contributed by atoms with Crippen LogP contribution in [0.3, 0.4) is 0 Å². The second-order valence-electron chi connectivity index (χ2n) is 4.85. The van der Waals surface area contributed by atoms with Crippen molar-refractivity contribution in [2.75, 3.05) is 5.32 Å². The Morgan fingerprint density at radius 1 is 1.29 bits per heavy atom. The standard InChI is InChI=1S/C16H13NO4/c18-11(7-8-12-4-3-9-21-12)10-16(20)13-5-1-2-6-14(13)17-15(16)19/h1-9,20H,10H2,(H,17,19)/t16-/m1/s1. The molecule has 0 aliphatic carbocycles. The summed E-state index contributed by atoms with van der Waals surface area (Å²) < 4.78 is 5.08. The summed E-state index contributed by atoms with van der Waals surface area (Å²) in [5.74, 6) is -0.407. The van der Waals surface area contributed by atoms with E-state index in [-0.39, 0.29) is 12.2 Å². The molecule has 0 bridgehead atoms. The maximum Gasteiger partial charge on any atom is 0.261 e. The molecule has 1 aliphatic rings. The molecule has 21 heavy (non-hydrogen) atoms. The zero-order valence-corrected chi connectivity index (χ0v) is 11.1. The number of nitrogens with one attached hydrogen (secondary N) is 1. The maximum atomic E-state index is 12.0. The van der Waals surface area contributed by atoms with E-state index in [0.717, 1.165) is 0 Å². The Bertz CT molecular complexity index is 718. The predicted molar refractivity (Wildman–Crippen MR) is 76.3 cm³/mol. The van der Waals surface area contributed by atoms with Crippen molar-refractivity contribution in [2.24, 2.45) is 0 Å². The van der Waals surface area contributed by atoms with Crippen molar-refractivity contribution in [1.82, 2.24) is 0 Å². The number of anilines is 1. The van der Waals surface area contributed by atoms with Crippen molar-refractivity contribution >= 4 is 23.5 Å². The number of rotatable bonds is 4. The van der Waals surface area contributed by atoms with Crippen LogP contribution in [0.2, 0.25) is 0 Å². The number of amides is 1. The molecule has 2 N–H and O–H groups in total. The van der Waals surface area contributed by atoms with Gasteiger partial charge in [-0.1, -0.05) is 18.2 Å². The molecule has 5 heteroatoms. The summed E-state index contributed by atoms with van der Waals surface area (Å²) in [4.78, 5) is 24.0. The van der Waals surface area contributed by atoms with E-state index >= 15 is 0 Å². The first-order chi connectivity index (χ1) is 10.1. The molecule has 3 rings (SSSR count). The number of carbonyl (C=O) groups is 2. The van der Waals surface area contributed by atoms with Gasteiger partial charge in [-0.05, 0) is 30.4 Å². The van der Waals surface area contributed by atoms with Gasteiger partial charge in [-0.15, -0.1) is 0 Å². The first-order valence-electron chi connectivity index (χ1n) is 6.47. The lowest BCUT2D eigenvalue weighted by atomic mass is 9.90. The van der Waals surface area contributed by atoms with Gasteiger partial charge >= 0.3 is 0 Å². The molecule has 0 fully saturated rings. The Labute approximate surface area is 120 Å². The molecule has 0 unspecified atom stereocenters. The third-order valence-electron chi connectivity index (χ3n) is 3.40. The zero-order chi connectivity index (χ0) is 14.9. The van der Waals surface area contributed by atoms with E-state index in [1.54, 1.807) is 36.4 Å². The van der Waals surface area contributed by atoms with E-state index in [1.807, 2.05) is 0 Å². The number of allylic oxidation sites excluding steroid dienone is 1. The number of furan rings is 1. The van der Waals surface area contributed by atoms with Crippen LogP contribution in [0.4, 0.5) is 5.69 Å². The highest BCUT2D eigenvalue weighted by Gasteiger charge is 2.46. The van der Waals surface area contributed by atoms with Gasteiger partial charge in [-0.25, -0.2) is 0 Å². The molecule has 1 aliphatic heterocycles. The van der Waals surface area contributed by atoms with Crippen molar-refractivity contribution in [3.8, 4) is 0 Å². The number of hydrogen-bond acceptors (Lipinski definition) is 4. The first kappa shape index (κ1) is 13.3. The highest BCUT2D eigenvalue weighted by Crippen LogP contribution is 2.38. The number of hydrogen-bond donors (Lipinski definition) is 2. The lowest BCUT2D eigenvalue weighted by Gasteiger charge is -2.18. The van der Waals surface area contributed by atoms with Gasteiger partial charge in [0.25, 0.3) is 5.91 Å². The van der Waals surface area contributed by atoms with E-state index in [1.165, 1.54) is 18.4 Å². The van der Waals surface area contributed by atoms with Gasteiger partial charge in [0, 0.05) is 11.3 Å². The summed E-state index contributed by atoms with van der Waals surface area (Å²) in [6, 6.07) is 10.2. The summed E-state index contributed by atoms with van der Waals surface area (Å²) in [5.41, 5.74) is -0.858. The third kappa shape index (κ3) is 2.39. The monoisotopic (exact) mass is 283 g/mol. The van der Waals surface area contributed by atoms with Crippen molar-refractivity contribution in [2.45, 2.75) is 12.0 Å². The maximum absolute atomic E-state index is 12.0. The molecule has 2 heterocycles. The minimum atomic E-state index is -1.82. The molecule has 0 spiro atoms. The number of ketones is 1. The van der Waals surface area contributed by atoms with Crippen molar-refractivity contribution in [1.29, 1.82) is 0 Å². The Balaban J connectivity index is 1.80. The highest BCUT2D eigenvalue weighted by molar-refractivity contribution is 6.08. The van der Waals surface area contributed by atoms with E-state index in [9.17, 15) is 14.7 Å². The van der Waals surface area contributed by atoms with Crippen LogP contribution in [0.25, 0.3) is 6.08 Å². The molecule has 1 atom stereocenters. The smallest absolute Gasteiger partial charge is 0.261 e. The van der Waals surface area contributed by atoms with E-state index in [2.05, 4.69) is 5.32 Å². The highest BCUT2D eigenvalue weighted by atomic mass is 16.3. The molecular formula is C16H13NO4. The van der Waals surface area contributed by atoms with Gasteiger partial charge in [-0.2, -0.15) is 0 Å². The number of benzene rings is 1. The van der Waals surface area contributed by atoms with Crippen LogP contribution in [-0.4, -0.2) is 16.8 Å². The van der Waals surface area contributed by atoms with Crippen LogP contribution in [0.15, 0.2) is 53.2 Å². The van der Waals surface area contributed by atoms with Crippen LogP contribution >= 0.6 is 0 Å². The van der Waals surface area contributed by atoms with Gasteiger partial charge in [0.15, 0.2) is 11.4 Å². The average Bonchev–Trinajstić information content (AvgIpc) is 3.06. The fourth-order valence-electron chi connectivity index (χ4n) is 2.35. The largest absolute Gasteiger partial charge is 0.465 e. The molecule has 0 radical (unpaired) electrons. The van der Waals surface area contributed by atoms with Crippen molar-refractivity contribution in [3.05, 3.63) is 60.1 Å². The van der Waals surface area contributed by atoms with Gasteiger partial charge in [0.05, 0.1) is 12.7 Å². The van der Waals surface area contributed by atoms with Crippen molar-refractivity contribution < 1.29 is 19.1 Å². The van der Waals surface area contributed by atoms with E-state index in [0.29, 0.717) is 17.0 Å². The van der Waals surface area contributed by atoms with Gasteiger partial charge < -0.3 is 14.8 Å². The van der Waals surface area contributed by atoms with Crippen LogP contribution in [0.5, 0.6) is 0 Å². The number of aliphatic hydroxyl groups is 1.